The highest BCUT2D eigenvalue weighted by atomic mass is 19.1. The highest BCUT2D eigenvalue weighted by Gasteiger charge is 2.29. The van der Waals surface area contributed by atoms with Crippen molar-refractivity contribution in [2.45, 2.75) is 25.4 Å². The van der Waals surface area contributed by atoms with E-state index in [0.717, 1.165) is 18.8 Å². The lowest BCUT2D eigenvalue weighted by atomic mass is 10.0. The number of piperazine rings is 1. The molecule has 2 unspecified atom stereocenters. The Balaban J connectivity index is 2.16. The Morgan fingerprint density at radius 3 is 2.61 bits per heavy atom. The fourth-order valence-corrected chi connectivity index (χ4v) is 2.53. The lowest BCUT2D eigenvalue weighted by molar-refractivity contribution is 0.194. The van der Waals surface area contributed by atoms with Crippen molar-refractivity contribution in [1.82, 2.24) is 4.90 Å². The summed E-state index contributed by atoms with van der Waals surface area (Å²) in [6.45, 7) is 3.89. The van der Waals surface area contributed by atoms with Crippen molar-refractivity contribution in [1.29, 1.82) is 5.26 Å². The van der Waals surface area contributed by atoms with Gasteiger partial charge >= 0.3 is 0 Å². The van der Waals surface area contributed by atoms with Gasteiger partial charge in [0, 0.05) is 30.9 Å². The van der Waals surface area contributed by atoms with Crippen molar-refractivity contribution in [3.8, 4) is 6.07 Å². The van der Waals surface area contributed by atoms with Crippen molar-refractivity contribution in [2.75, 3.05) is 25.0 Å². The number of likely N-dealkylation sites (N-methyl/N-ethyl adjacent to an activating group) is 1. The molecular weight excluding hydrogens is 229 g/mol. The minimum Gasteiger partial charge on any atom is -0.366 e. The molecule has 1 aliphatic rings. The molecule has 4 heteroatoms. The molecule has 1 aromatic rings. The van der Waals surface area contributed by atoms with Gasteiger partial charge in [0.05, 0.1) is 12.5 Å². The largest absolute Gasteiger partial charge is 0.366 e. The minimum atomic E-state index is -0.214. The second-order valence-electron chi connectivity index (χ2n) is 4.93. The Morgan fingerprint density at radius 1 is 1.33 bits per heavy atom. The lowest BCUT2D eigenvalue weighted by Gasteiger charge is -2.44. The topological polar surface area (TPSA) is 30.3 Å². The van der Waals surface area contributed by atoms with Gasteiger partial charge in [-0.1, -0.05) is 0 Å². The van der Waals surface area contributed by atoms with Crippen LogP contribution in [0.4, 0.5) is 10.1 Å². The molecule has 96 valence electrons. The SMILES string of the molecule is CC1CN(C)C(CC#N)CN1c1ccc(F)cc1. The van der Waals surface area contributed by atoms with Crippen LogP contribution in [0, 0.1) is 17.1 Å². The fourth-order valence-electron chi connectivity index (χ4n) is 2.53. The molecule has 2 rings (SSSR count). The van der Waals surface area contributed by atoms with Crippen LogP contribution in [0.2, 0.25) is 0 Å². The second-order valence-corrected chi connectivity index (χ2v) is 4.93. The van der Waals surface area contributed by atoms with Crippen LogP contribution in [0.25, 0.3) is 0 Å². The van der Waals surface area contributed by atoms with Gasteiger partial charge in [-0.25, -0.2) is 4.39 Å². The van der Waals surface area contributed by atoms with E-state index >= 15 is 0 Å². The third-order valence-corrected chi connectivity index (χ3v) is 3.60. The van der Waals surface area contributed by atoms with Gasteiger partial charge in [-0.15, -0.1) is 0 Å². The zero-order valence-corrected chi connectivity index (χ0v) is 10.8. The molecule has 0 N–H and O–H groups in total. The number of benzene rings is 1. The van der Waals surface area contributed by atoms with Gasteiger partial charge in [0.2, 0.25) is 0 Å². The molecule has 0 saturated carbocycles. The molecule has 3 nitrogen and oxygen atoms in total. The van der Waals surface area contributed by atoms with E-state index in [0.29, 0.717) is 12.5 Å². The third kappa shape index (κ3) is 2.62. The van der Waals surface area contributed by atoms with Crippen molar-refractivity contribution in [3.63, 3.8) is 0 Å². The Labute approximate surface area is 107 Å². The first-order valence-electron chi connectivity index (χ1n) is 6.21. The van der Waals surface area contributed by atoms with E-state index in [1.165, 1.54) is 12.1 Å². The van der Waals surface area contributed by atoms with Gasteiger partial charge in [0.25, 0.3) is 0 Å². The van der Waals surface area contributed by atoms with Crippen molar-refractivity contribution >= 4 is 5.69 Å². The van der Waals surface area contributed by atoms with Gasteiger partial charge in [0.1, 0.15) is 5.82 Å². The predicted molar refractivity (Wildman–Crippen MR) is 69.9 cm³/mol. The summed E-state index contributed by atoms with van der Waals surface area (Å²) in [4.78, 5) is 4.48. The first-order valence-corrected chi connectivity index (χ1v) is 6.21. The van der Waals surface area contributed by atoms with Gasteiger partial charge in [0.15, 0.2) is 0 Å². The quantitative estimate of drug-likeness (QED) is 0.803. The van der Waals surface area contributed by atoms with Gasteiger partial charge in [-0.2, -0.15) is 5.26 Å². The Hall–Kier alpha value is -1.60. The molecule has 0 spiro atoms. The fraction of sp³-hybridized carbons (Fsp3) is 0.500. The number of rotatable bonds is 2. The van der Waals surface area contributed by atoms with E-state index in [-0.39, 0.29) is 11.9 Å². The van der Waals surface area contributed by atoms with Crippen LogP contribution in [0.1, 0.15) is 13.3 Å². The Morgan fingerprint density at radius 2 is 2.00 bits per heavy atom. The van der Waals surface area contributed by atoms with Crippen molar-refractivity contribution in [3.05, 3.63) is 30.1 Å². The van der Waals surface area contributed by atoms with Crippen LogP contribution in [0.3, 0.4) is 0 Å². The molecule has 0 amide bonds. The van der Waals surface area contributed by atoms with E-state index in [1.54, 1.807) is 12.1 Å². The monoisotopic (exact) mass is 247 g/mol. The molecular formula is C14H18FN3. The van der Waals surface area contributed by atoms with E-state index in [4.69, 9.17) is 5.26 Å². The number of hydrogen-bond acceptors (Lipinski definition) is 3. The zero-order chi connectivity index (χ0) is 13.1. The normalized spacial score (nSPS) is 24.9. The number of hydrogen-bond donors (Lipinski definition) is 0. The summed E-state index contributed by atoms with van der Waals surface area (Å²) < 4.78 is 12.9. The molecule has 1 fully saturated rings. The summed E-state index contributed by atoms with van der Waals surface area (Å²) in [5, 5.41) is 8.85. The number of nitriles is 1. The Kier molecular flexibility index (Phi) is 3.83. The summed E-state index contributed by atoms with van der Waals surface area (Å²) in [5.41, 5.74) is 1.03. The van der Waals surface area contributed by atoms with Gasteiger partial charge in [-0.05, 0) is 38.2 Å². The van der Waals surface area contributed by atoms with E-state index in [2.05, 4.69) is 29.8 Å². The van der Waals surface area contributed by atoms with Crippen LogP contribution < -0.4 is 4.90 Å². The molecule has 1 saturated heterocycles. The summed E-state index contributed by atoms with van der Waals surface area (Å²) in [6.07, 6.45) is 0.529. The molecule has 1 aliphatic heterocycles. The number of halogens is 1. The predicted octanol–water partition coefficient (Wildman–Crippen LogP) is 2.25. The van der Waals surface area contributed by atoms with Crippen LogP contribution in [0.15, 0.2) is 24.3 Å². The molecule has 1 aromatic carbocycles. The maximum atomic E-state index is 12.9. The Bertz CT molecular complexity index is 437. The minimum absolute atomic E-state index is 0.214. The van der Waals surface area contributed by atoms with Crippen LogP contribution in [0.5, 0.6) is 0 Å². The lowest BCUT2D eigenvalue weighted by Crippen LogP contribution is -2.56. The molecule has 0 bridgehead atoms. The van der Waals surface area contributed by atoms with Crippen molar-refractivity contribution < 1.29 is 4.39 Å². The first-order chi connectivity index (χ1) is 8.61. The average Bonchev–Trinajstić information content (AvgIpc) is 2.34. The maximum Gasteiger partial charge on any atom is 0.123 e. The highest BCUT2D eigenvalue weighted by Crippen LogP contribution is 2.23. The molecule has 0 aliphatic carbocycles. The first kappa shape index (κ1) is 12.8. The summed E-state index contributed by atoms with van der Waals surface area (Å²) >= 11 is 0. The second kappa shape index (κ2) is 5.36. The number of nitrogens with zero attached hydrogens (tertiary/aromatic N) is 3. The summed E-state index contributed by atoms with van der Waals surface area (Å²) in [7, 11) is 2.06. The third-order valence-electron chi connectivity index (χ3n) is 3.60. The molecule has 0 radical (unpaired) electrons. The van der Waals surface area contributed by atoms with Crippen molar-refractivity contribution in [2.24, 2.45) is 0 Å². The molecule has 0 aromatic heterocycles. The van der Waals surface area contributed by atoms with Gasteiger partial charge in [-0.3, -0.25) is 4.90 Å². The average molecular weight is 247 g/mol. The van der Waals surface area contributed by atoms with E-state index in [1.807, 2.05) is 0 Å². The molecule has 2 atom stereocenters. The summed E-state index contributed by atoms with van der Waals surface area (Å²) in [6, 6.07) is 9.44. The van der Waals surface area contributed by atoms with E-state index in [9.17, 15) is 4.39 Å². The maximum absolute atomic E-state index is 12.9. The number of anilines is 1. The zero-order valence-electron chi connectivity index (χ0n) is 10.8. The van der Waals surface area contributed by atoms with E-state index < -0.39 is 0 Å². The smallest absolute Gasteiger partial charge is 0.123 e. The van der Waals surface area contributed by atoms with Gasteiger partial charge < -0.3 is 4.90 Å². The van der Waals surface area contributed by atoms with Crippen LogP contribution in [-0.2, 0) is 0 Å². The molecule has 18 heavy (non-hydrogen) atoms. The standard InChI is InChI=1S/C14H18FN3/c1-11-9-17(2)14(7-8-16)10-18(11)13-5-3-12(15)4-6-13/h3-6,11,14H,7,9-10H2,1-2H3. The molecule has 1 heterocycles. The summed E-state index contributed by atoms with van der Waals surface area (Å²) in [5.74, 6) is -0.214. The highest BCUT2D eigenvalue weighted by molar-refractivity contribution is 5.48. The van der Waals surface area contributed by atoms with Crippen LogP contribution in [-0.4, -0.2) is 37.1 Å². The van der Waals surface area contributed by atoms with Crippen LogP contribution >= 0.6 is 0 Å².